The Balaban J connectivity index is 1.14. The number of nitrogens with zero attached hydrogens (tertiary/aromatic N) is 2. The van der Waals surface area contributed by atoms with Crippen LogP contribution in [0, 0.1) is 5.82 Å². The van der Waals surface area contributed by atoms with Gasteiger partial charge in [0.25, 0.3) is 11.8 Å². The van der Waals surface area contributed by atoms with E-state index in [9.17, 15) is 14.0 Å². The van der Waals surface area contributed by atoms with Crippen molar-refractivity contribution in [2.75, 3.05) is 43.5 Å². The number of fused-ring (bicyclic) bond motifs is 2. The lowest BCUT2D eigenvalue weighted by atomic mass is 10.1. The Labute approximate surface area is 236 Å². The quantitative estimate of drug-likeness (QED) is 0.323. The van der Waals surface area contributed by atoms with Crippen LogP contribution in [0.3, 0.4) is 0 Å². The van der Waals surface area contributed by atoms with E-state index in [0.717, 1.165) is 42.8 Å². The molecule has 0 unspecified atom stereocenters. The predicted molar refractivity (Wildman–Crippen MR) is 154 cm³/mol. The van der Waals surface area contributed by atoms with Crippen molar-refractivity contribution in [3.05, 3.63) is 89.4 Å². The Bertz CT molecular complexity index is 1630. The lowest BCUT2D eigenvalue weighted by molar-refractivity contribution is 0.101. The molecule has 41 heavy (non-hydrogen) atoms. The molecule has 2 aliphatic rings. The number of hydrogen-bond acceptors (Lipinski definition) is 7. The van der Waals surface area contributed by atoms with Crippen LogP contribution >= 0.6 is 0 Å². The van der Waals surface area contributed by atoms with Crippen molar-refractivity contribution < 1.29 is 23.5 Å². The molecule has 1 fully saturated rings. The number of carbonyl (C=O) groups excluding carboxylic acids is 2. The van der Waals surface area contributed by atoms with Crippen molar-refractivity contribution in [2.24, 2.45) is 0 Å². The maximum Gasteiger partial charge on any atom is 0.255 e. The van der Waals surface area contributed by atoms with Crippen LogP contribution in [0.2, 0.25) is 0 Å². The Morgan fingerprint density at radius 3 is 2.59 bits per heavy atom. The van der Waals surface area contributed by atoms with Crippen LogP contribution in [-0.4, -0.2) is 60.6 Å². The summed E-state index contributed by atoms with van der Waals surface area (Å²) in [6.07, 6.45) is 0. The molecule has 4 aromatic rings. The number of anilines is 2. The SMILES string of the molecule is C[C@H]1CNCCN1Cc1ccc2cc(C(=O)Nc3cc(NC(=O)c4ccc5c(c4)OCCO5)ccc3F)ccc2n1. The number of piperazine rings is 1. The van der Waals surface area contributed by atoms with Crippen LogP contribution in [0.5, 0.6) is 11.5 Å². The van der Waals surface area contributed by atoms with Crippen LogP contribution in [0.1, 0.15) is 33.3 Å². The zero-order valence-corrected chi connectivity index (χ0v) is 22.6. The van der Waals surface area contributed by atoms with Gasteiger partial charge in [-0.25, -0.2) is 4.39 Å². The third-order valence-corrected chi connectivity index (χ3v) is 7.29. The molecule has 1 atom stereocenters. The monoisotopic (exact) mass is 555 g/mol. The minimum absolute atomic E-state index is 0.0475. The molecular weight excluding hydrogens is 525 g/mol. The van der Waals surface area contributed by atoms with Gasteiger partial charge in [-0.05, 0) is 67.6 Å². The standard InChI is InChI=1S/C31H30FN5O4/c1-19-17-33-10-11-37(19)18-24-5-2-20-14-21(3-8-26(20)34-24)31(39)36-27-16-23(6-7-25(27)32)35-30(38)22-4-9-28-29(15-22)41-13-12-40-28/h2-9,14-16,19,33H,10-13,17-18H2,1H3,(H,35,38)(H,36,39)/t19-/m0/s1. The van der Waals surface area contributed by atoms with Gasteiger partial charge in [0, 0.05) is 54.4 Å². The van der Waals surface area contributed by atoms with E-state index in [4.69, 9.17) is 14.5 Å². The van der Waals surface area contributed by atoms with Gasteiger partial charge in [0.05, 0.1) is 16.9 Å². The molecule has 6 rings (SSSR count). The Morgan fingerprint density at radius 1 is 0.951 bits per heavy atom. The zero-order chi connectivity index (χ0) is 28.3. The van der Waals surface area contributed by atoms with Crippen LogP contribution in [0.4, 0.5) is 15.8 Å². The molecule has 210 valence electrons. The number of ether oxygens (including phenoxy) is 2. The van der Waals surface area contributed by atoms with E-state index in [1.54, 1.807) is 36.4 Å². The summed E-state index contributed by atoms with van der Waals surface area (Å²) < 4.78 is 25.7. The molecule has 0 spiro atoms. The van der Waals surface area contributed by atoms with E-state index in [1.165, 1.54) is 18.2 Å². The van der Waals surface area contributed by atoms with Crippen molar-refractivity contribution in [3.63, 3.8) is 0 Å². The van der Waals surface area contributed by atoms with E-state index in [0.29, 0.717) is 47.6 Å². The fourth-order valence-electron chi connectivity index (χ4n) is 5.00. The number of carbonyl (C=O) groups is 2. The largest absolute Gasteiger partial charge is 0.486 e. The van der Waals surface area contributed by atoms with Crippen LogP contribution in [-0.2, 0) is 6.54 Å². The summed E-state index contributed by atoms with van der Waals surface area (Å²) in [4.78, 5) is 33.0. The van der Waals surface area contributed by atoms with Crippen molar-refractivity contribution in [2.45, 2.75) is 19.5 Å². The number of halogens is 1. The number of benzene rings is 3. The first kappa shape index (κ1) is 26.7. The fourth-order valence-corrected chi connectivity index (χ4v) is 5.00. The van der Waals surface area contributed by atoms with Gasteiger partial charge in [0.2, 0.25) is 0 Å². The molecule has 1 saturated heterocycles. The van der Waals surface area contributed by atoms with Crippen LogP contribution < -0.4 is 25.4 Å². The molecule has 9 nitrogen and oxygen atoms in total. The van der Waals surface area contributed by atoms with Crippen LogP contribution in [0.25, 0.3) is 10.9 Å². The number of pyridine rings is 1. The van der Waals surface area contributed by atoms with E-state index in [1.807, 2.05) is 12.1 Å². The number of amides is 2. The number of rotatable bonds is 6. The maximum atomic E-state index is 14.6. The molecule has 0 radical (unpaired) electrons. The highest BCUT2D eigenvalue weighted by Crippen LogP contribution is 2.31. The molecule has 2 amide bonds. The van der Waals surface area contributed by atoms with Gasteiger partial charge in [0.1, 0.15) is 19.0 Å². The third kappa shape index (κ3) is 5.98. The molecular formula is C31H30FN5O4. The van der Waals surface area contributed by atoms with Gasteiger partial charge < -0.3 is 25.4 Å². The normalized spacial score (nSPS) is 16.8. The maximum absolute atomic E-state index is 14.6. The highest BCUT2D eigenvalue weighted by molar-refractivity contribution is 6.07. The molecule has 3 aromatic carbocycles. The second-order valence-electron chi connectivity index (χ2n) is 10.2. The molecule has 3 N–H and O–H groups in total. The average Bonchev–Trinajstić information content (AvgIpc) is 2.99. The molecule has 3 heterocycles. The molecule has 0 aliphatic carbocycles. The highest BCUT2D eigenvalue weighted by Gasteiger charge is 2.19. The summed E-state index contributed by atoms with van der Waals surface area (Å²) in [6.45, 7) is 6.72. The van der Waals surface area contributed by atoms with Crippen molar-refractivity contribution in [3.8, 4) is 11.5 Å². The molecule has 10 heteroatoms. The molecule has 0 bridgehead atoms. The predicted octanol–water partition coefficient (Wildman–Crippen LogP) is 4.44. The van der Waals surface area contributed by atoms with Gasteiger partial charge in [-0.1, -0.05) is 6.07 Å². The van der Waals surface area contributed by atoms with E-state index in [-0.39, 0.29) is 5.69 Å². The minimum atomic E-state index is -0.620. The third-order valence-electron chi connectivity index (χ3n) is 7.29. The lowest BCUT2D eigenvalue weighted by Gasteiger charge is -2.33. The number of hydrogen-bond donors (Lipinski definition) is 3. The number of aromatic nitrogens is 1. The van der Waals surface area contributed by atoms with Crippen molar-refractivity contribution >= 4 is 34.1 Å². The molecule has 0 saturated carbocycles. The fraction of sp³-hybridized carbons (Fsp3) is 0.258. The Hall–Kier alpha value is -4.54. The summed E-state index contributed by atoms with van der Waals surface area (Å²) in [5.74, 6) is -0.426. The van der Waals surface area contributed by atoms with Gasteiger partial charge in [-0.3, -0.25) is 19.5 Å². The van der Waals surface area contributed by atoms with Crippen molar-refractivity contribution in [1.82, 2.24) is 15.2 Å². The summed E-state index contributed by atoms with van der Waals surface area (Å²) >= 11 is 0. The Morgan fingerprint density at radius 2 is 1.73 bits per heavy atom. The van der Waals surface area contributed by atoms with Crippen molar-refractivity contribution in [1.29, 1.82) is 0 Å². The summed E-state index contributed by atoms with van der Waals surface area (Å²) in [6, 6.07) is 18.5. The first-order valence-corrected chi connectivity index (χ1v) is 13.6. The second-order valence-corrected chi connectivity index (χ2v) is 10.2. The first-order valence-electron chi connectivity index (χ1n) is 13.6. The summed E-state index contributed by atoms with van der Waals surface area (Å²) in [5.41, 5.74) is 2.77. The van der Waals surface area contributed by atoms with E-state index >= 15 is 0 Å². The lowest BCUT2D eigenvalue weighted by Crippen LogP contribution is -2.49. The summed E-state index contributed by atoms with van der Waals surface area (Å²) in [7, 11) is 0. The van der Waals surface area contributed by atoms with E-state index < -0.39 is 17.6 Å². The smallest absolute Gasteiger partial charge is 0.255 e. The van der Waals surface area contributed by atoms with Crippen LogP contribution in [0.15, 0.2) is 66.7 Å². The highest BCUT2D eigenvalue weighted by atomic mass is 19.1. The van der Waals surface area contributed by atoms with Gasteiger partial charge in [-0.2, -0.15) is 0 Å². The molecule has 1 aromatic heterocycles. The van der Waals surface area contributed by atoms with Gasteiger partial charge >= 0.3 is 0 Å². The average molecular weight is 556 g/mol. The summed E-state index contributed by atoms with van der Waals surface area (Å²) in [5, 5.41) is 9.57. The van der Waals surface area contributed by atoms with E-state index in [2.05, 4.69) is 27.8 Å². The minimum Gasteiger partial charge on any atom is -0.486 e. The van der Waals surface area contributed by atoms with Gasteiger partial charge in [-0.15, -0.1) is 0 Å². The Kier molecular flexibility index (Phi) is 7.49. The zero-order valence-electron chi connectivity index (χ0n) is 22.6. The second kappa shape index (κ2) is 11.5. The number of nitrogens with one attached hydrogen (secondary N) is 3. The topological polar surface area (TPSA) is 105 Å². The van der Waals surface area contributed by atoms with Gasteiger partial charge in [0.15, 0.2) is 11.5 Å². The first-order chi connectivity index (χ1) is 19.9. The molecule has 2 aliphatic heterocycles.